The van der Waals surface area contributed by atoms with E-state index in [9.17, 15) is 4.79 Å². The summed E-state index contributed by atoms with van der Waals surface area (Å²) < 4.78 is 1.61. The number of halogens is 1. The molecular weight excluding hydrogens is 314 g/mol. The van der Waals surface area contributed by atoms with Crippen molar-refractivity contribution in [2.45, 2.75) is 0 Å². The fraction of sp³-hybridized carbons (Fsp3) is 0.125. The normalized spacial score (nSPS) is 10.5. The lowest BCUT2D eigenvalue weighted by atomic mass is 10.1. The van der Waals surface area contributed by atoms with Crippen LogP contribution >= 0.6 is 11.6 Å². The molecule has 0 aromatic carbocycles. The number of amides is 1. The average Bonchev–Trinajstić information content (AvgIpc) is 2.94. The molecule has 0 saturated carbocycles. The van der Waals surface area contributed by atoms with Crippen LogP contribution in [0.2, 0.25) is 5.15 Å². The molecule has 6 nitrogen and oxygen atoms in total. The Morgan fingerprint density at radius 2 is 2.26 bits per heavy atom. The summed E-state index contributed by atoms with van der Waals surface area (Å²) in [6.07, 6.45) is 8.41. The second kappa shape index (κ2) is 6.07. The largest absolute Gasteiger partial charge is 0.341 e. The molecule has 1 amide bonds. The summed E-state index contributed by atoms with van der Waals surface area (Å²) in [5, 5.41) is 7.88. The highest BCUT2D eigenvalue weighted by Gasteiger charge is 2.16. The Labute approximate surface area is 137 Å². The lowest BCUT2D eigenvalue weighted by Crippen LogP contribution is -2.23. The quantitative estimate of drug-likeness (QED) is 0.591. The second-order valence-electron chi connectivity index (χ2n) is 4.82. The molecule has 3 aromatic rings. The van der Waals surface area contributed by atoms with Crippen LogP contribution in [0.4, 0.5) is 0 Å². The van der Waals surface area contributed by atoms with E-state index < -0.39 is 0 Å². The average molecular weight is 326 g/mol. The summed E-state index contributed by atoms with van der Waals surface area (Å²) in [5.74, 6) is 2.11. The summed E-state index contributed by atoms with van der Waals surface area (Å²) >= 11 is 5.81. The Bertz CT molecular complexity index is 924. The van der Waals surface area contributed by atoms with Gasteiger partial charge in [0.2, 0.25) is 0 Å². The van der Waals surface area contributed by atoms with E-state index in [2.05, 4.69) is 26.3 Å². The maximum absolute atomic E-state index is 12.4. The van der Waals surface area contributed by atoms with E-state index in [0.29, 0.717) is 27.4 Å². The molecule has 7 heteroatoms. The number of carbonyl (C=O) groups excluding carboxylic acids is 1. The summed E-state index contributed by atoms with van der Waals surface area (Å²) in [6, 6.07) is 5.16. The molecule has 0 fully saturated rings. The summed E-state index contributed by atoms with van der Waals surface area (Å²) in [4.78, 5) is 21.0. The van der Waals surface area contributed by atoms with Crippen LogP contribution in [0.25, 0.3) is 22.3 Å². The number of nitrogens with one attached hydrogen (secondary N) is 1. The van der Waals surface area contributed by atoms with Crippen LogP contribution in [0, 0.1) is 12.3 Å². The van der Waals surface area contributed by atoms with E-state index in [1.54, 1.807) is 42.3 Å². The van der Waals surface area contributed by atoms with Crippen molar-refractivity contribution in [2.24, 2.45) is 7.05 Å². The first-order valence-corrected chi connectivity index (χ1v) is 7.14. The fourth-order valence-electron chi connectivity index (χ4n) is 2.20. The maximum atomic E-state index is 12.4. The number of pyridine rings is 2. The predicted molar refractivity (Wildman–Crippen MR) is 87.9 cm³/mol. The fourth-order valence-corrected chi connectivity index (χ4v) is 2.32. The highest BCUT2D eigenvalue weighted by molar-refractivity contribution is 6.29. The van der Waals surface area contributed by atoms with Gasteiger partial charge in [-0.1, -0.05) is 17.5 Å². The van der Waals surface area contributed by atoms with Crippen LogP contribution in [0.3, 0.4) is 0 Å². The number of nitrogens with zero attached hydrogens (tertiary/aromatic N) is 4. The van der Waals surface area contributed by atoms with E-state index in [1.165, 1.54) is 0 Å². The van der Waals surface area contributed by atoms with E-state index in [-0.39, 0.29) is 12.5 Å². The van der Waals surface area contributed by atoms with Crippen LogP contribution in [-0.4, -0.2) is 32.2 Å². The van der Waals surface area contributed by atoms with Crippen molar-refractivity contribution in [3.05, 3.63) is 41.3 Å². The zero-order chi connectivity index (χ0) is 16.4. The van der Waals surface area contributed by atoms with Gasteiger partial charge >= 0.3 is 0 Å². The number of hydrogen-bond acceptors (Lipinski definition) is 4. The molecule has 0 saturated heterocycles. The van der Waals surface area contributed by atoms with E-state index in [0.717, 1.165) is 5.56 Å². The first-order valence-electron chi connectivity index (χ1n) is 6.76. The van der Waals surface area contributed by atoms with Crippen LogP contribution in [0.15, 0.2) is 30.6 Å². The van der Waals surface area contributed by atoms with Gasteiger partial charge in [0.1, 0.15) is 5.15 Å². The van der Waals surface area contributed by atoms with Gasteiger partial charge in [-0.15, -0.1) is 6.42 Å². The summed E-state index contributed by atoms with van der Waals surface area (Å²) in [5.41, 5.74) is 2.42. The highest BCUT2D eigenvalue weighted by atomic mass is 35.5. The third-order valence-electron chi connectivity index (χ3n) is 3.32. The molecule has 3 heterocycles. The molecule has 0 radical (unpaired) electrons. The van der Waals surface area contributed by atoms with Gasteiger partial charge in [0.05, 0.1) is 29.4 Å². The predicted octanol–water partition coefficient (Wildman–Crippen LogP) is 2.05. The van der Waals surface area contributed by atoms with Gasteiger partial charge in [-0.2, -0.15) is 5.10 Å². The third kappa shape index (κ3) is 2.87. The Balaban J connectivity index is 2.16. The zero-order valence-corrected chi connectivity index (χ0v) is 13.0. The number of fused-ring (bicyclic) bond motifs is 1. The Hall–Kier alpha value is -2.91. The Morgan fingerprint density at radius 3 is 2.96 bits per heavy atom. The monoisotopic (exact) mass is 325 g/mol. The summed E-state index contributed by atoms with van der Waals surface area (Å²) in [6.45, 7) is 0.154. The van der Waals surface area contributed by atoms with E-state index in [1.807, 2.05) is 0 Å². The first-order chi connectivity index (χ1) is 11.1. The van der Waals surface area contributed by atoms with Gasteiger partial charge in [-0.3, -0.25) is 9.48 Å². The number of rotatable bonds is 3. The highest BCUT2D eigenvalue weighted by Crippen LogP contribution is 2.24. The number of carbonyl (C=O) groups is 1. The summed E-state index contributed by atoms with van der Waals surface area (Å²) in [7, 11) is 1.77. The van der Waals surface area contributed by atoms with Crippen molar-refractivity contribution >= 4 is 28.5 Å². The van der Waals surface area contributed by atoms with Gasteiger partial charge in [-0.25, -0.2) is 9.97 Å². The van der Waals surface area contributed by atoms with Gasteiger partial charge in [0.25, 0.3) is 5.91 Å². The minimum absolute atomic E-state index is 0.154. The smallest absolute Gasteiger partial charge is 0.252 e. The van der Waals surface area contributed by atoms with Crippen LogP contribution in [0.5, 0.6) is 0 Å². The van der Waals surface area contributed by atoms with Gasteiger partial charge in [0, 0.05) is 18.8 Å². The molecule has 3 aromatic heterocycles. The lowest BCUT2D eigenvalue weighted by molar-refractivity contribution is 0.0960. The minimum atomic E-state index is -0.272. The van der Waals surface area contributed by atoms with Crippen molar-refractivity contribution in [1.82, 2.24) is 25.1 Å². The molecule has 0 aliphatic rings. The molecule has 0 unspecified atom stereocenters. The van der Waals surface area contributed by atoms with Gasteiger partial charge in [0.15, 0.2) is 5.65 Å². The molecule has 0 atom stereocenters. The third-order valence-corrected chi connectivity index (χ3v) is 3.55. The molecule has 1 N–H and O–H groups in total. The first kappa shape index (κ1) is 15.0. The molecule has 23 heavy (non-hydrogen) atoms. The molecule has 0 bridgehead atoms. The Morgan fingerprint density at radius 1 is 1.43 bits per heavy atom. The molecule has 0 aliphatic carbocycles. The molecule has 0 aliphatic heterocycles. The Kier molecular flexibility index (Phi) is 3.96. The molecule has 3 rings (SSSR count). The van der Waals surface area contributed by atoms with Crippen molar-refractivity contribution in [1.29, 1.82) is 0 Å². The second-order valence-corrected chi connectivity index (χ2v) is 5.20. The van der Waals surface area contributed by atoms with E-state index >= 15 is 0 Å². The number of terminal acetylenes is 1. The van der Waals surface area contributed by atoms with Crippen molar-refractivity contribution in [3.8, 4) is 23.6 Å². The lowest BCUT2D eigenvalue weighted by Gasteiger charge is -2.07. The number of aromatic nitrogens is 4. The number of hydrogen-bond donors (Lipinski definition) is 1. The van der Waals surface area contributed by atoms with Crippen LogP contribution in [-0.2, 0) is 7.05 Å². The SMILES string of the molecule is C#CCNC(=O)c1cc(-c2ccc(Cl)nc2)nc2c1cnn2C. The number of aryl methyl sites for hydroxylation is 1. The van der Waals surface area contributed by atoms with E-state index in [4.69, 9.17) is 18.0 Å². The standard InChI is InChI=1S/C16H12ClN5O/c1-3-6-18-16(23)11-7-13(10-4-5-14(17)19-8-10)21-15-12(11)9-20-22(15)2/h1,4-5,7-9H,6H2,2H3,(H,18,23). The van der Waals surface area contributed by atoms with Crippen molar-refractivity contribution < 1.29 is 4.79 Å². The zero-order valence-electron chi connectivity index (χ0n) is 12.2. The molecule has 114 valence electrons. The van der Waals surface area contributed by atoms with Crippen molar-refractivity contribution in [3.63, 3.8) is 0 Å². The van der Waals surface area contributed by atoms with Crippen LogP contribution in [0.1, 0.15) is 10.4 Å². The molecular formula is C16H12ClN5O. The van der Waals surface area contributed by atoms with Gasteiger partial charge in [-0.05, 0) is 18.2 Å². The van der Waals surface area contributed by atoms with Crippen LogP contribution < -0.4 is 5.32 Å². The van der Waals surface area contributed by atoms with Crippen molar-refractivity contribution in [2.75, 3.05) is 6.54 Å². The molecule has 0 spiro atoms. The van der Waals surface area contributed by atoms with Gasteiger partial charge < -0.3 is 5.32 Å². The topological polar surface area (TPSA) is 72.7 Å². The minimum Gasteiger partial charge on any atom is -0.341 e. The maximum Gasteiger partial charge on any atom is 0.252 e.